The average Bonchev–Trinajstić information content (AvgIpc) is 2.14. The molecule has 0 aromatic heterocycles. The lowest BCUT2D eigenvalue weighted by molar-refractivity contribution is -0.387. The van der Waals surface area contributed by atoms with Crippen LogP contribution in [-0.2, 0) is 0 Å². The number of ether oxygens (including phenoxy) is 1. The summed E-state index contributed by atoms with van der Waals surface area (Å²) >= 11 is 0. The summed E-state index contributed by atoms with van der Waals surface area (Å²) in [6.45, 7) is -3.29. The molecule has 1 N–H and O–H groups in total. The highest BCUT2D eigenvalue weighted by Crippen LogP contribution is 2.28. The van der Waals surface area contributed by atoms with Crippen LogP contribution in [0.15, 0.2) is 12.1 Å². The summed E-state index contributed by atoms with van der Waals surface area (Å²) in [6, 6.07) is 0.770. The van der Waals surface area contributed by atoms with Gasteiger partial charge in [-0.3, -0.25) is 10.1 Å². The molecule has 1 rings (SSSR count). The maximum absolute atomic E-state index is 13.1. The number of aromatic carboxylic acids is 1. The summed E-state index contributed by atoms with van der Waals surface area (Å²) in [6.07, 6.45) is 0. The molecule has 17 heavy (non-hydrogen) atoms. The molecule has 1 aromatic rings. The lowest BCUT2D eigenvalue weighted by Crippen LogP contribution is -2.08. The van der Waals surface area contributed by atoms with E-state index in [0.29, 0.717) is 12.1 Å². The van der Waals surface area contributed by atoms with Gasteiger partial charge in [-0.15, -0.1) is 0 Å². The molecule has 0 fully saturated rings. The number of benzene rings is 1. The number of nitro benzene ring substituents is 1. The summed E-state index contributed by atoms with van der Waals surface area (Å²) in [4.78, 5) is 19.7. The molecule has 6 nitrogen and oxygen atoms in total. The first kappa shape index (κ1) is 12.7. The lowest BCUT2D eigenvalue weighted by Gasteiger charge is -2.06. The van der Waals surface area contributed by atoms with Gasteiger partial charge >= 0.3 is 18.3 Å². The first-order valence-corrected chi connectivity index (χ1v) is 3.99. The van der Waals surface area contributed by atoms with E-state index >= 15 is 0 Å². The minimum atomic E-state index is -3.29. The maximum Gasteiger partial charge on any atom is 0.387 e. The fourth-order valence-corrected chi connectivity index (χ4v) is 1.09. The van der Waals surface area contributed by atoms with Crippen LogP contribution in [0.4, 0.5) is 18.9 Å². The lowest BCUT2D eigenvalue weighted by atomic mass is 10.1. The minimum absolute atomic E-state index is 0.316. The predicted octanol–water partition coefficient (Wildman–Crippen LogP) is 2.03. The van der Waals surface area contributed by atoms with E-state index < -0.39 is 40.3 Å². The number of carbonyl (C=O) groups is 1. The second-order valence-electron chi connectivity index (χ2n) is 2.74. The van der Waals surface area contributed by atoms with Crippen molar-refractivity contribution in [2.75, 3.05) is 0 Å². The van der Waals surface area contributed by atoms with Gasteiger partial charge in [-0.1, -0.05) is 0 Å². The third kappa shape index (κ3) is 2.83. The Kier molecular flexibility index (Phi) is 3.51. The van der Waals surface area contributed by atoms with Crippen LogP contribution >= 0.6 is 0 Å². The van der Waals surface area contributed by atoms with Crippen LogP contribution in [-0.4, -0.2) is 22.6 Å². The number of hydrogen-bond acceptors (Lipinski definition) is 4. The Hall–Kier alpha value is -2.32. The number of halogens is 3. The van der Waals surface area contributed by atoms with Gasteiger partial charge in [-0.25, -0.2) is 4.79 Å². The first-order valence-electron chi connectivity index (χ1n) is 3.99. The van der Waals surface area contributed by atoms with Crippen molar-refractivity contribution in [1.29, 1.82) is 0 Å². The van der Waals surface area contributed by atoms with E-state index in [1.165, 1.54) is 0 Å². The highest BCUT2D eigenvalue weighted by molar-refractivity contribution is 5.93. The van der Waals surface area contributed by atoms with Crippen molar-refractivity contribution in [1.82, 2.24) is 0 Å². The van der Waals surface area contributed by atoms with Gasteiger partial charge in [0.2, 0.25) is 5.82 Å². The monoisotopic (exact) mass is 251 g/mol. The number of carboxylic acid groups (broad SMARTS) is 1. The van der Waals surface area contributed by atoms with Crippen molar-refractivity contribution in [2.45, 2.75) is 6.61 Å². The Morgan fingerprint density at radius 1 is 1.47 bits per heavy atom. The Balaban J connectivity index is 3.36. The molecule has 1 aromatic carbocycles. The van der Waals surface area contributed by atoms with Gasteiger partial charge in [0.15, 0.2) is 0 Å². The van der Waals surface area contributed by atoms with Gasteiger partial charge in [0.05, 0.1) is 4.92 Å². The Morgan fingerprint density at radius 2 is 2.06 bits per heavy atom. The van der Waals surface area contributed by atoms with Crippen molar-refractivity contribution in [3.8, 4) is 5.75 Å². The molecule has 9 heteroatoms. The third-order valence-electron chi connectivity index (χ3n) is 1.68. The molecule has 0 bridgehead atoms. The van der Waals surface area contributed by atoms with Gasteiger partial charge in [-0.2, -0.15) is 13.2 Å². The van der Waals surface area contributed by atoms with E-state index in [0.717, 1.165) is 0 Å². The van der Waals surface area contributed by atoms with Crippen molar-refractivity contribution < 1.29 is 32.7 Å². The number of nitrogens with zero attached hydrogens (tertiary/aromatic N) is 1. The predicted molar refractivity (Wildman–Crippen MR) is 46.6 cm³/mol. The third-order valence-corrected chi connectivity index (χ3v) is 1.68. The zero-order chi connectivity index (χ0) is 13.2. The molecule has 0 saturated carbocycles. The summed E-state index contributed by atoms with van der Waals surface area (Å²) < 4.78 is 40.5. The van der Waals surface area contributed by atoms with Crippen molar-refractivity contribution in [3.63, 3.8) is 0 Å². The van der Waals surface area contributed by atoms with E-state index in [9.17, 15) is 28.1 Å². The largest absolute Gasteiger partial charge is 0.477 e. The van der Waals surface area contributed by atoms with Crippen molar-refractivity contribution in [2.24, 2.45) is 0 Å². The van der Waals surface area contributed by atoms with Gasteiger partial charge < -0.3 is 9.84 Å². The van der Waals surface area contributed by atoms with Gasteiger partial charge in [0.25, 0.3) is 0 Å². The van der Waals surface area contributed by atoms with Crippen molar-refractivity contribution >= 4 is 11.7 Å². The molecule has 92 valence electrons. The minimum Gasteiger partial charge on any atom is -0.477 e. The fourth-order valence-electron chi connectivity index (χ4n) is 1.09. The Morgan fingerprint density at radius 3 is 2.47 bits per heavy atom. The second-order valence-corrected chi connectivity index (χ2v) is 2.74. The van der Waals surface area contributed by atoms with Gasteiger partial charge in [0.1, 0.15) is 11.3 Å². The van der Waals surface area contributed by atoms with E-state index in [2.05, 4.69) is 4.74 Å². The van der Waals surface area contributed by atoms with Crippen LogP contribution in [0, 0.1) is 15.9 Å². The van der Waals surface area contributed by atoms with Crippen LogP contribution in [0.1, 0.15) is 10.4 Å². The first-order chi connectivity index (χ1) is 7.82. The molecule has 0 heterocycles. The number of carboxylic acids is 1. The molecular weight excluding hydrogens is 247 g/mol. The molecule has 0 spiro atoms. The Bertz CT molecular complexity index is 476. The number of rotatable bonds is 4. The number of alkyl halides is 2. The molecule has 0 aliphatic heterocycles. The fraction of sp³-hybridized carbons (Fsp3) is 0.125. The number of hydrogen-bond donors (Lipinski definition) is 1. The second kappa shape index (κ2) is 4.68. The molecule has 0 unspecified atom stereocenters. The van der Waals surface area contributed by atoms with Crippen LogP contribution in [0.5, 0.6) is 5.75 Å². The van der Waals surface area contributed by atoms with Crippen LogP contribution in [0.2, 0.25) is 0 Å². The molecule has 0 aliphatic carbocycles. The zero-order valence-corrected chi connectivity index (χ0v) is 7.89. The van der Waals surface area contributed by atoms with Crippen molar-refractivity contribution in [3.05, 3.63) is 33.6 Å². The molecule has 0 atom stereocenters. The van der Waals surface area contributed by atoms with Crippen LogP contribution in [0.25, 0.3) is 0 Å². The van der Waals surface area contributed by atoms with E-state index in [1.54, 1.807) is 0 Å². The number of nitro groups is 1. The molecular formula is C8H4F3NO5. The topological polar surface area (TPSA) is 89.7 Å². The zero-order valence-electron chi connectivity index (χ0n) is 7.89. The quantitative estimate of drug-likeness (QED) is 0.653. The van der Waals surface area contributed by atoms with E-state index in [4.69, 9.17) is 5.11 Å². The standard InChI is InChI=1S/C8H4F3NO5/c9-5-2-3(17-8(10)11)1-4(7(13)14)6(5)12(15)16/h1-2,8H,(H,13,14). The average molecular weight is 251 g/mol. The Labute approximate surface area is 91.4 Å². The highest BCUT2D eigenvalue weighted by Gasteiger charge is 2.27. The SMILES string of the molecule is O=C(O)c1cc(OC(F)F)cc(F)c1[N+](=O)[O-]. The summed E-state index contributed by atoms with van der Waals surface area (Å²) in [5.41, 5.74) is -2.37. The van der Waals surface area contributed by atoms with E-state index in [1.807, 2.05) is 0 Å². The normalized spacial score (nSPS) is 10.4. The summed E-state index contributed by atoms with van der Waals surface area (Å²) in [5, 5.41) is 19.0. The van der Waals surface area contributed by atoms with E-state index in [-0.39, 0.29) is 0 Å². The smallest absolute Gasteiger partial charge is 0.387 e. The van der Waals surface area contributed by atoms with Crippen LogP contribution in [0.3, 0.4) is 0 Å². The van der Waals surface area contributed by atoms with Crippen LogP contribution < -0.4 is 4.74 Å². The molecule has 0 amide bonds. The summed E-state index contributed by atoms with van der Waals surface area (Å²) in [7, 11) is 0. The van der Waals surface area contributed by atoms with Gasteiger partial charge in [0, 0.05) is 12.1 Å². The van der Waals surface area contributed by atoms with Gasteiger partial charge in [-0.05, 0) is 0 Å². The molecule has 0 aliphatic rings. The maximum atomic E-state index is 13.1. The molecule has 0 radical (unpaired) electrons. The summed E-state index contributed by atoms with van der Waals surface area (Å²) in [5.74, 6) is -4.19. The molecule has 0 saturated heterocycles. The highest BCUT2D eigenvalue weighted by atomic mass is 19.3.